The zero-order valence-electron chi connectivity index (χ0n) is 14.5. The van der Waals surface area contributed by atoms with Crippen molar-refractivity contribution in [1.29, 1.82) is 0 Å². The van der Waals surface area contributed by atoms with Crippen LogP contribution in [0, 0.1) is 13.8 Å². The van der Waals surface area contributed by atoms with Crippen LogP contribution in [0.3, 0.4) is 0 Å². The topological polar surface area (TPSA) is 41.5 Å². The average molecular weight is 348 g/mol. The van der Waals surface area contributed by atoms with E-state index in [9.17, 15) is 4.79 Å². The second kappa shape index (κ2) is 7.53. The van der Waals surface area contributed by atoms with Gasteiger partial charge in [0.05, 0.1) is 10.6 Å². The summed E-state index contributed by atoms with van der Waals surface area (Å²) in [6.07, 6.45) is 3.95. The number of allylic oxidation sites excluding steroid dienone is 2. The number of carbonyl (C=O) groups is 1. The maximum absolute atomic E-state index is 12.2. The van der Waals surface area contributed by atoms with Crippen molar-refractivity contribution >= 4 is 34.6 Å². The van der Waals surface area contributed by atoms with Crippen molar-refractivity contribution in [2.24, 2.45) is 4.99 Å². The fourth-order valence-electron chi connectivity index (χ4n) is 2.45. The number of amidine groups is 1. The van der Waals surface area contributed by atoms with Gasteiger partial charge in [0.15, 0.2) is 5.17 Å². The molecule has 126 valence electrons. The molecule has 0 spiro atoms. The molecule has 0 bridgehead atoms. The van der Waals surface area contributed by atoms with E-state index in [0.717, 1.165) is 16.8 Å². The van der Waals surface area contributed by atoms with Crippen molar-refractivity contribution in [3.63, 3.8) is 0 Å². The summed E-state index contributed by atoms with van der Waals surface area (Å²) < 4.78 is 0. The lowest BCUT2D eigenvalue weighted by Gasteiger charge is -2.01. The Hall–Kier alpha value is -2.59. The number of hydrogen-bond acceptors (Lipinski definition) is 3. The fourth-order valence-corrected chi connectivity index (χ4v) is 3.35. The molecule has 1 aliphatic heterocycles. The van der Waals surface area contributed by atoms with Crippen LogP contribution in [0.5, 0.6) is 0 Å². The molecule has 3 nitrogen and oxygen atoms in total. The van der Waals surface area contributed by atoms with Gasteiger partial charge in [0.25, 0.3) is 5.91 Å². The van der Waals surface area contributed by atoms with Gasteiger partial charge in [-0.05, 0) is 73.0 Å². The number of nitrogens with zero attached hydrogens (tertiary/aromatic N) is 1. The highest BCUT2D eigenvalue weighted by molar-refractivity contribution is 8.18. The predicted octanol–water partition coefficient (Wildman–Crippen LogP) is 5.14. The number of carbonyl (C=O) groups excluding carboxylic acids is 1. The van der Waals surface area contributed by atoms with Gasteiger partial charge in [-0.2, -0.15) is 0 Å². The second-order valence-corrected chi connectivity index (χ2v) is 7.08. The smallest absolute Gasteiger partial charge is 0.264 e. The van der Waals surface area contributed by atoms with Crippen LogP contribution in [-0.2, 0) is 4.79 Å². The second-order valence-electron chi connectivity index (χ2n) is 6.05. The van der Waals surface area contributed by atoms with Crippen molar-refractivity contribution < 1.29 is 4.79 Å². The highest BCUT2D eigenvalue weighted by atomic mass is 32.2. The Bertz CT molecular complexity index is 895. The third-order valence-corrected chi connectivity index (χ3v) is 4.83. The average Bonchev–Trinajstić information content (AvgIpc) is 2.91. The Kier molecular flexibility index (Phi) is 5.19. The van der Waals surface area contributed by atoms with E-state index < -0.39 is 0 Å². The molecule has 1 heterocycles. The number of thioether (sulfide) groups is 1. The molecule has 4 heteroatoms. The van der Waals surface area contributed by atoms with Crippen LogP contribution in [-0.4, -0.2) is 11.1 Å². The molecule has 1 aliphatic rings. The first-order valence-electron chi connectivity index (χ1n) is 8.11. The van der Waals surface area contributed by atoms with Crippen molar-refractivity contribution in [3.8, 4) is 0 Å². The summed E-state index contributed by atoms with van der Waals surface area (Å²) in [5.74, 6) is -0.103. The number of nitrogens with one attached hydrogen (secondary N) is 1. The minimum absolute atomic E-state index is 0.103. The molecule has 2 aromatic carbocycles. The van der Waals surface area contributed by atoms with Crippen LogP contribution in [0.4, 0.5) is 5.69 Å². The number of aryl methyl sites for hydroxylation is 2. The monoisotopic (exact) mass is 348 g/mol. The van der Waals surface area contributed by atoms with Crippen molar-refractivity contribution in [3.05, 3.63) is 81.8 Å². The predicted molar refractivity (Wildman–Crippen MR) is 107 cm³/mol. The van der Waals surface area contributed by atoms with E-state index >= 15 is 0 Å². The maximum atomic E-state index is 12.2. The van der Waals surface area contributed by atoms with Crippen LogP contribution >= 0.6 is 11.8 Å². The highest BCUT2D eigenvalue weighted by Gasteiger charge is 2.23. The van der Waals surface area contributed by atoms with Crippen molar-refractivity contribution in [1.82, 2.24) is 5.32 Å². The van der Waals surface area contributed by atoms with Crippen LogP contribution in [0.2, 0.25) is 0 Å². The summed E-state index contributed by atoms with van der Waals surface area (Å²) in [6.45, 7) is 6.12. The van der Waals surface area contributed by atoms with E-state index in [1.165, 1.54) is 22.9 Å². The number of amides is 1. The van der Waals surface area contributed by atoms with Gasteiger partial charge in [-0.3, -0.25) is 4.79 Å². The first-order chi connectivity index (χ1) is 12.0. The molecular weight excluding hydrogens is 328 g/mol. The molecule has 1 saturated heterocycles. The third kappa shape index (κ3) is 4.48. The Labute approximate surface area is 152 Å². The van der Waals surface area contributed by atoms with Crippen LogP contribution in [0.1, 0.15) is 23.6 Å². The fraction of sp³-hybridized carbons (Fsp3) is 0.143. The number of benzene rings is 2. The van der Waals surface area contributed by atoms with Crippen molar-refractivity contribution in [2.45, 2.75) is 20.8 Å². The molecule has 0 saturated carbocycles. The van der Waals surface area contributed by atoms with Gasteiger partial charge < -0.3 is 5.32 Å². The summed E-state index contributed by atoms with van der Waals surface area (Å²) >= 11 is 1.37. The Morgan fingerprint density at radius 1 is 1.08 bits per heavy atom. The zero-order chi connectivity index (χ0) is 17.8. The normalized spacial score (nSPS) is 18.0. The lowest BCUT2D eigenvalue weighted by Crippen LogP contribution is -2.19. The summed E-state index contributed by atoms with van der Waals surface area (Å²) in [7, 11) is 0. The number of rotatable bonds is 3. The third-order valence-electron chi connectivity index (χ3n) is 3.92. The quantitative estimate of drug-likeness (QED) is 0.780. The molecule has 0 radical (unpaired) electrons. The van der Waals surface area contributed by atoms with Crippen LogP contribution in [0.25, 0.3) is 6.08 Å². The van der Waals surface area contributed by atoms with Gasteiger partial charge in [0.1, 0.15) is 0 Å². The summed E-state index contributed by atoms with van der Waals surface area (Å²) in [6, 6.07) is 16.1. The largest absolute Gasteiger partial charge is 0.300 e. The lowest BCUT2D eigenvalue weighted by atomic mass is 10.1. The SMILES string of the molecule is CC(=C/c1ccccc1)/C=C1\SC(=Nc2ccc(C)c(C)c2)NC1=O. The molecule has 0 aliphatic carbocycles. The maximum Gasteiger partial charge on any atom is 0.264 e. The van der Waals surface area contributed by atoms with Gasteiger partial charge in [-0.15, -0.1) is 0 Å². The number of hydrogen-bond donors (Lipinski definition) is 1. The Morgan fingerprint density at radius 2 is 1.84 bits per heavy atom. The molecule has 0 aromatic heterocycles. The first kappa shape index (κ1) is 17.2. The molecule has 3 rings (SSSR count). The molecule has 1 N–H and O–H groups in total. The minimum atomic E-state index is -0.103. The molecule has 2 aromatic rings. The van der Waals surface area contributed by atoms with Gasteiger partial charge >= 0.3 is 0 Å². The van der Waals surface area contributed by atoms with Crippen LogP contribution < -0.4 is 5.32 Å². The summed E-state index contributed by atoms with van der Waals surface area (Å²) in [5.41, 5.74) is 5.41. The van der Waals surface area contributed by atoms with Crippen molar-refractivity contribution in [2.75, 3.05) is 0 Å². The van der Waals surface area contributed by atoms with E-state index in [2.05, 4.69) is 30.2 Å². The number of aliphatic imine (C=N–C) groups is 1. The van der Waals surface area contributed by atoms with E-state index in [1.807, 2.05) is 61.5 Å². The van der Waals surface area contributed by atoms with E-state index in [1.54, 1.807) is 0 Å². The molecular formula is C21H20N2OS. The van der Waals surface area contributed by atoms with E-state index in [4.69, 9.17) is 0 Å². The molecule has 1 fully saturated rings. The standard InChI is InChI=1S/C21H20N2OS/c1-14(11-17-7-5-4-6-8-17)12-19-20(24)23-21(25-19)22-18-10-9-15(2)16(3)13-18/h4-13H,1-3H3,(H,22,23,24)/b14-11-,19-12-. The molecule has 0 atom stereocenters. The zero-order valence-corrected chi connectivity index (χ0v) is 15.4. The Morgan fingerprint density at radius 3 is 2.56 bits per heavy atom. The lowest BCUT2D eigenvalue weighted by molar-refractivity contribution is -0.115. The van der Waals surface area contributed by atoms with E-state index in [-0.39, 0.29) is 5.91 Å². The van der Waals surface area contributed by atoms with Gasteiger partial charge in [-0.25, -0.2) is 4.99 Å². The molecule has 0 unspecified atom stereocenters. The van der Waals surface area contributed by atoms with Gasteiger partial charge in [-0.1, -0.05) is 42.5 Å². The van der Waals surface area contributed by atoms with Crippen LogP contribution in [0.15, 0.2) is 70.1 Å². The van der Waals surface area contributed by atoms with E-state index in [0.29, 0.717) is 10.1 Å². The first-order valence-corrected chi connectivity index (χ1v) is 8.93. The summed E-state index contributed by atoms with van der Waals surface area (Å²) in [4.78, 5) is 17.4. The van der Waals surface area contributed by atoms with Gasteiger partial charge in [0, 0.05) is 0 Å². The minimum Gasteiger partial charge on any atom is -0.300 e. The molecule has 1 amide bonds. The molecule has 25 heavy (non-hydrogen) atoms. The van der Waals surface area contributed by atoms with Gasteiger partial charge in [0.2, 0.25) is 0 Å². The summed E-state index contributed by atoms with van der Waals surface area (Å²) in [5, 5.41) is 3.45. The highest BCUT2D eigenvalue weighted by Crippen LogP contribution is 2.28. The Balaban J connectivity index is 1.79.